The normalized spacial score (nSPS) is 9.89. The number of carboxylic acids is 1. The van der Waals surface area contributed by atoms with E-state index in [1.165, 1.54) is 6.07 Å². The molecule has 0 saturated heterocycles. The van der Waals surface area contributed by atoms with Gasteiger partial charge in [-0.1, -0.05) is 0 Å². The van der Waals surface area contributed by atoms with Crippen LogP contribution in [0.15, 0.2) is 12.1 Å². The minimum Gasteiger partial charge on any atom is -0.480 e. The molecule has 1 rings (SSSR count). The Morgan fingerprint density at radius 3 is 2.44 bits per heavy atom. The highest BCUT2D eigenvalue weighted by molar-refractivity contribution is 5.97. The van der Waals surface area contributed by atoms with E-state index in [0.717, 1.165) is 6.07 Å². The largest absolute Gasteiger partial charge is 0.480 e. The molecule has 0 aliphatic carbocycles. The summed E-state index contributed by atoms with van der Waals surface area (Å²) >= 11 is 0. The number of carbonyl (C=O) groups is 2. The van der Waals surface area contributed by atoms with Gasteiger partial charge < -0.3 is 10.4 Å². The number of hydrogen-bond acceptors (Lipinski definition) is 4. The van der Waals surface area contributed by atoms with Crippen molar-refractivity contribution >= 4 is 17.6 Å². The number of nitrogens with zero attached hydrogens (tertiary/aromatic N) is 1. The number of amides is 1. The highest BCUT2D eigenvalue weighted by atomic mass is 16.6. The molecule has 0 spiro atoms. The van der Waals surface area contributed by atoms with E-state index in [2.05, 4.69) is 5.32 Å². The highest BCUT2D eigenvalue weighted by Crippen LogP contribution is 2.22. The number of rotatable bonds is 4. The Hall–Kier alpha value is -2.44. The molecule has 0 fully saturated rings. The van der Waals surface area contributed by atoms with Gasteiger partial charge in [-0.25, -0.2) is 0 Å². The molecule has 18 heavy (non-hydrogen) atoms. The van der Waals surface area contributed by atoms with Crippen molar-refractivity contribution in [2.45, 2.75) is 13.8 Å². The van der Waals surface area contributed by atoms with Crippen LogP contribution < -0.4 is 5.32 Å². The van der Waals surface area contributed by atoms with Crippen molar-refractivity contribution in [2.75, 3.05) is 6.54 Å². The van der Waals surface area contributed by atoms with Crippen molar-refractivity contribution in [3.05, 3.63) is 38.9 Å². The molecule has 0 aliphatic rings. The number of nitro benzene ring substituents is 1. The van der Waals surface area contributed by atoms with Gasteiger partial charge in [-0.3, -0.25) is 19.7 Å². The maximum atomic E-state index is 11.7. The lowest BCUT2D eigenvalue weighted by atomic mass is 10.0. The van der Waals surface area contributed by atoms with Crippen LogP contribution in [0.1, 0.15) is 21.5 Å². The Bertz CT molecular complexity index is 524. The standard InChI is InChI=1S/C11H12N2O5/c1-6-3-7(2)9(13(17)18)4-8(6)11(16)12-5-10(14)15/h3-4H,5H2,1-2H3,(H,12,16)(H,14,15). The zero-order chi connectivity index (χ0) is 13.9. The molecule has 0 aromatic heterocycles. The smallest absolute Gasteiger partial charge is 0.322 e. The summed E-state index contributed by atoms with van der Waals surface area (Å²) in [5, 5.41) is 21.4. The molecule has 1 amide bonds. The Morgan fingerprint density at radius 1 is 1.33 bits per heavy atom. The number of carbonyl (C=O) groups excluding carboxylic acids is 1. The van der Waals surface area contributed by atoms with E-state index in [1.807, 2.05) is 0 Å². The molecule has 1 aromatic rings. The van der Waals surface area contributed by atoms with Gasteiger partial charge in [0.2, 0.25) is 0 Å². The third-order valence-electron chi connectivity index (χ3n) is 2.38. The molecular formula is C11H12N2O5. The van der Waals surface area contributed by atoms with Crippen LogP contribution in [0, 0.1) is 24.0 Å². The first-order valence-electron chi connectivity index (χ1n) is 5.08. The SMILES string of the molecule is Cc1cc(C)c([N+](=O)[O-])cc1C(=O)NCC(=O)O. The van der Waals surface area contributed by atoms with Gasteiger partial charge >= 0.3 is 5.97 Å². The molecule has 1 aromatic carbocycles. The predicted molar refractivity (Wildman–Crippen MR) is 62.5 cm³/mol. The van der Waals surface area contributed by atoms with Crippen molar-refractivity contribution in [3.8, 4) is 0 Å². The van der Waals surface area contributed by atoms with E-state index in [1.54, 1.807) is 13.8 Å². The monoisotopic (exact) mass is 252 g/mol. The average Bonchev–Trinajstić information content (AvgIpc) is 2.25. The summed E-state index contributed by atoms with van der Waals surface area (Å²) in [6.45, 7) is 2.68. The minimum absolute atomic E-state index is 0.105. The van der Waals surface area contributed by atoms with Gasteiger partial charge in [0, 0.05) is 17.2 Å². The van der Waals surface area contributed by atoms with E-state index < -0.39 is 23.3 Å². The number of nitrogens with one attached hydrogen (secondary N) is 1. The second-order valence-corrected chi connectivity index (χ2v) is 3.79. The molecular weight excluding hydrogens is 240 g/mol. The van der Waals surface area contributed by atoms with Crippen LogP contribution in [0.5, 0.6) is 0 Å². The van der Waals surface area contributed by atoms with Crippen molar-refractivity contribution in [1.29, 1.82) is 0 Å². The molecule has 7 heteroatoms. The molecule has 0 aliphatic heterocycles. The highest BCUT2D eigenvalue weighted by Gasteiger charge is 2.18. The zero-order valence-corrected chi connectivity index (χ0v) is 9.89. The Kier molecular flexibility index (Phi) is 3.98. The van der Waals surface area contributed by atoms with Crippen LogP contribution >= 0.6 is 0 Å². The lowest BCUT2D eigenvalue weighted by Gasteiger charge is -2.07. The summed E-state index contributed by atoms with van der Waals surface area (Å²) in [5.74, 6) is -1.82. The lowest BCUT2D eigenvalue weighted by molar-refractivity contribution is -0.385. The molecule has 0 radical (unpaired) electrons. The number of aliphatic carboxylic acids is 1. The Morgan fingerprint density at radius 2 is 1.94 bits per heavy atom. The summed E-state index contributed by atoms with van der Waals surface area (Å²) in [7, 11) is 0. The van der Waals surface area contributed by atoms with Gasteiger partial charge in [0.25, 0.3) is 11.6 Å². The van der Waals surface area contributed by atoms with Gasteiger partial charge in [-0.2, -0.15) is 0 Å². The topological polar surface area (TPSA) is 110 Å². The van der Waals surface area contributed by atoms with E-state index in [-0.39, 0.29) is 11.3 Å². The van der Waals surface area contributed by atoms with Gasteiger partial charge in [0.15, 0.2) is 0 Å². The fraction of sp³-hybridized carbons (Fsp3) is 0.273. The molecule has 0 unspecified atom stereocenters. The Labute approximate surface area is 103 Å². The quantitative estimate of drug-likeness (QED) is 0.614. The maximum absolute atomic E-state index is 11.7. The van der Waals surface area contributed by atoms with E-state index in [0.29, 0.717) is 11.1 Å². The molecule has 0 heterocycles. The predicted octanol–water partition coefficient (Wildman–Crippen LogP) is 1.03. The molecule has 96 valence electrons. The first-order chi connectivity index (χ1) is 8.32. The lowest BCUT2D eigenvalue weighted by Crippen LogP contribution is -2.29. The third kappa shape index (κ3) is 3.03. The number of hydrogen-bond donors (Lipinski definition) is 2. The van der Waals surface area contributed by atoms with Crippen molar-refractivity contribution in [2.24, 2.45) is 0 Å². The van der Waals surface area contributed by atoms with Gasteiger partial charge in [-0.15, -0.1) is 0 Å². The molecule has 0 saturated carbocycles. The van der Waals surface area contributed by atoms with Gasteiger partial charge in [-0.05, 0) is 25.5 Å². The van der Waals surface area contributed by atoms with Crippen LogP contribution in [-0.2, 0) is 4.79 Å². The van der Waals surface area contributed by atoms with Gasteiger partial charge in [0.05, 0.1) is 4.92 Å². The van der Waals surface area contributed by atoms with E-state index >= 15 is 0 Å². The second kappa shape index (κ2) is 5.26. The third-order valence-corrected chi connectivity index (χ3v) is 2.38. The van der Waals surface area contributed by atoms with Crippen LogP contribution in [0.25, 0.3) is 0 Å². The number of carboxylic acid groups (broad SMARTS) is 1. The minimum atomic E-state index is -1.18. The first kappa shape index (κ1) is 13.6. The number of benzene rings is 1. The van der Waals surface area contributed by atoms with Gasteiger partial charge in [0.1, 0.15) is 6.54 Å². The van der Waals surface area contributed by atoms with E-state index in [4.69, 9.17) is 5.11 Å². The second-order valence-electron chi connectivity index (χ2n) is 3.79. The average molecular weight is 252 g/mol. The number of nitro groups is 1. The molecule has 2 N–H and O–H groups in total. The molecule has 7 nitrogen and oxygen atoms in total. The van der Waals surface area contributed by atoms with Crippen LogP contribution in [0.4, 0.5) is 5.69 Å². The summed E-state index contributed by atoms with van der Waals surface area (Å²) in [4.78, 5) is 32.2. The summed E-state index contributed by atoms with van der Waals surface area (Å²) in [6, 6.07) is 2.68. The van der Waals surface area contributed by atoms with E-state index in [9.17, 15) is 19.7 Å². The summed E-state index contributed by atoms with van der Waals surface area (Å²) < 4.78 is 0. The fourth-order valence-electron chi connectivity index (χ4n) is 1.53. The van der Waals surface area contributed by atoms with Crippen LogP contribution in [0.3, 0.4) is 0 Å². The van der Waals surface area contributed by atoms with Crippen molar-refractivity contribution < 1.29 is 19.6 Å². The molecule has 0 atom stereocenters. The molecule has 0 bridgehead atoms. The van der Waals surface area contributed by atoms with Crippen LogP contribution in [0.2, 0.25) is 0 Å². The summed E-state index contributed by atoms with van der Waals surface area (Å²) in [5.41, 5.74) is 0.947. The Balaban J connectivity index is 3.08. The zero-order valence-electron chi connectivity index (χ0n) is 9.89. The maximum Gasteiger partial charge on any atom is 0.322 e. The number of aryl methyl sites for hydroxylation is 2. The van der Waals surface area contributed by atoms with Crippen LogP contribution in [-0.4, -0.2) is 28.5 Å². The first-order valence-corrected chi connectivity index (χ1v) is 5.08. The van der Waals surface area contributed by atoms with Crippen molar-refractivity contribution in [1.82, 2.24) is 5.32 Å². The van der Waals surface area contributed by atoms with Crippen molar-refractivity contribution in [3.63, 3.8) is 0 Å². The fourth-order valence-corrected chi connectivity index (χ4v) is 1.53. The summed E-state index contributed by atoms with van der Waals surface area (Å²) in [6.07, 6.45) is 0.